The van der Waals surface area contributed by atoms with Crippen molar-refractivity contribution in [3.05, 3.63) is 48.7 Å². The van der Waals surface area contributed by atoms with E-state index in [1.54, 1.807) is 18.3 Å². The van der Waals surface area contributed by atoms with E-state index in [0.29, 0.717) is 11.3 Å². The zero-order valence-corrected chi connectivity index (χ0v) is 16.7. The molecule has 0 saturated carbocycles. The Morgan fingerprint density at radius 3 is 2.50 bits per heavy atom. The van der Waals surface area contributed by atoms with Crippen LogP contribution in [0.3, 0.4) is 0 Å². The van der Waals surface area contributed by atoms with E-state index in [-0.39, 0.29) is 10.6 Å². The molecule has 148 valence electrons. The van der Waals surface area contributed by atoms with E-state index in [9.17, 15) is 8.42 Å². The van der Waals surface area contributed by atoms with Gasteiger partial charge in [0.2, 0.25) is 0 Å². The average Bonchev–Trinajstić information content (AvgIpc) is 3.19. The van der Waals surface area contributed by atoms with Crippen LogP contribution in [0, 0.1) is 0 Å². The molecule has 1 aliphatic heterocycles. The van der Waals surface area contributed by atoms with Crippen LogP contribution >= 0.6 is 0 Å². The molecule has 1 aromatic heterocycles. The second kappa shape index (κ2) is 7.37. The first-order chi connectivity index (χ1) is 13.6. The number of nitrogens with one attached hydrogen (secondary N) is 1. The molecule has 1 saturated heterocycles. The Hall–Kier alpha value is -2.71. The first-order valence-electron chi connectivity index (χ1n) is 9.09. The highest BCUT2D eigenvalue weighted by Gasteiger charge is 2.25. The van der Waals surface area contributed by atoms with E-state index in [0.717, 1.165) is 37.3 Å². The molecule has 7 nitrogen and oxygen atoms in total. The van der Waals surface area contributed by atoms with Crippen molar-refractivity contribution in [1.29, 1.82) is 0 Å². The van der Waals surface area contributed by atoms with Crippen molar-refractivity contribution in [2.45, 2.75) is 4.90 Å². The molecule has 0 spiro atoms. The van der Waals surface area contributed by atoms with E-state index in [2.05, 4.69) is 10.2 Å². The van der Waals surface area contributed by atoms with Gasteiger partial charge in [0.1, 0.15) is 16.4 Å². The maximum atomic E-state index is 13.4. The fraction of sp³-hybridized carbons (Fsp3) is 0.300. The van der Waals surface area contributed by atoms with Gasteiger partial charge in [-0.1, -0.05) is 6.07 Å². The van der Waals surface area contributed by atoms with Crippen LogP contribution < -0.4 is 19.7 Å². The Bertz CT molecular complexity index is 1100. The molecule has 1 fully saturated rings. The van der Waals surface area contributed by atoms with Gasteiger partial charge in [-0.25, -0.2) is 12.4 Å². The standard InChI is InChI=1S/C20H23N3O4S/c1-26-15-6-7-19(27-2)20(14-15)28(24,25)23-11-8-16-17(4-3-5-18(16)23)22-12-9-21-10-13-22/h3-8,11,14,21H,9-10,12-13H2,1-2H3. The van der Waals surface area contributed by atoms with Crippen LogP contribution in [0.25, 0.3) is 10.9 Å². The lowest BCUT2D eigenvalue weighted by atomic mass is 10.2. The predicted molar refractivity (Wildman–Crippen MR) is 109 cm³/mol. The number of ether oxygens (including phenoxy) is 2. The highest BCUT2D eigenvalue weighted by Crippen LogP contribution is 2.34. The van der Waals surface area contributed by atoms with E-state index in [1.165, 1.54) is 24.3 Å². The van der Waals surface area contributed by atoms with Crippen LogP contribution in [-0.4, -0.2) is 52.8 Å². The largest absolute Gasteiger partial charge is 0.497 e. The quantitative estimate of drug-likeness (QED) is 0.707. The lowest BCUT2D eigenvalue weighted by Gasteiger charge is -2.30. The van der Waals surface area contributed by atoms with Crippen LogP contribution in [0.5, 0.6) is 11.5 Å². The van der Waals surface area contributed by atoms with E-state index < -0.39 is 10.0 Å². The van der Waals surface area contributed by atoms with Gasteiger partial charge in [0.05, 0.1) is 19.7 Å². The van der Waals surface area contributed by atoms with Crippen LogP contribution in [0.2, 0.25) is 0 Å². The van der Waals surface area contributed by atoms with Crippen molar-refractivity contribution < 1.29 is 17.9 Å². The van der Waals surface area contributed by atoms with Crippen LogP contribution in [0.4, 0.5) is 5.69 Å². The first kappa shape index (κ1) is 18.6. The number of hydrogen-bond acceptors (Lipinski definition) is 6. The van der Waals surface area contributed by atoms with Crippen molar-refractivity contribution in [2.75, 3.05) is 45.3 Å². The van der Waals surface area contributed by atoms with Crippen molar-refractivity contribution in [3.63, 3.8) is 0 Å². The Morgan fingerprint density at radius 1 is 1.00 bits per heavy atom. The molecule has 0 radical (unpaired) electrons. The summed E-state index contributed by atoms with van der Waals surface area (Å²) < 4.78 is 38.7. The zero-order valence-electron chi connectivity index (χ0n) is 15.9. The van der Waals surface area contributed by atoms with E-state index >= 15 is 0 Å². The normalized spacial score (nSPS) is 15.0. The molecule has 3 aromatic rings. The van der Waals surface area contributed by atoms with Gasteiger partial charge in [0, 0.05) is 49.5 Å². The third kappa shape index (κ3) is 3.08. The molecule has 1 N–H and O–H groups in total. The van der Waals surface area contributed by atoms with E-state index in [1.807, 2.05) is 24.3 Å². The molecule has 1 aliphatic rings. The van der Waals surface area contributed by atoms with Gasteiger partial charge in [0.25, 0.3) is 10.0 Å². The second-order valence-corrected chi connectivity index (χ2v) is 8.36. The summed E-state index contributed by atoms with van der Waals surface area (Å²) in [6.45, 7) is 3.61. The zero-order chi connectivity index (χ0) is 19.7. The fourth-order valence-electron chi connectivity index (χ4n) is 3.61. The first-order valence-corrected chi connectivity index (χ1v) is 10.5. The van der Waals surface area contributed by atoms with Crippen molar-refractivity contribution in [1.82, 2.24) is 9.29 Å². The minimum atomic E-state index is -3.86. The third-order valence-electron chi connectivity index (χ3n) is 5.04. The van der Waals surface area contributed by atoms with Crippen molar-refractivity contribution in [2.24, 2.45) is 0 Å². The summed E-state index contributed by atoms with van der Waals surface area (Å²) in [6.07, 6.45) is 1.60. The molecular weight excluding hydrogens is 378 g/mol. The number of benzene rings is 2. The summed E-state index contributed by atoms with van der Waals surface area (Å²) >= 11 is 0. The molecule has 2 heterocycles. The summed E-state index contributed by atoms with van der Waals surface area (Å²) in [5, 5.41) is 4.25. The molecule has 0 bridgehead atoms. The summed E-state index contributed by atoms with van der Waals surface area (Å²) in [7, 11) is -0.906. The summed E-state index contributed by atoms with van der Waals surface area (Å²) in [5.74, 6) is 0.734. The van der Waals surface area contributed by atoms with Crippen LogP contribution in [0.15, 0.2) is 53.6 Å². The number of fused-ring (bicyclic) bond motifs is 1. The van der Waals surface area contributed by atoms with Crippen LogP contribution in [0.1, 0.15) is 0 Å². The van der Waals surface area contributed by atoms with Gasteiger partial charge < -0.3 is 19.7 Å². The SMILES string of the molecule is COc1ccc(OC)c(S(=O)(=O)n2ccc3c(N4CCNCC4)cccc32)c1. The molecule has 28 heavy (non-hydrogen) atoms. The summed E-state index contributed by atoms with van der Waals surface area (Å²) in [4.78, 5) is 2.35. The van der Waals surface area contributed by atoms with Crippen molar-refractivity contribution in [3.8, 4) is 11.5 Å². The molecule has 2 aromatic carbocycles. The second-order valence-electron chi connectivity index (χ2n) is 6.58. The number of aromatic nitrogens is 1. The molecule has 0 atom stereocenters. The molecule has 8 heteroatoms. The summed E-state index contributed by atoms with van der Waals surface area (Å²) in [6, 6.07) is 12.4. The monoisotopic (exact) mass is 401 g/mol. The molecule has 0 unspecified atom stereocenters. The highest BCUT2D eigenvalue weighted by atomic mass is 32.2. The number of rotatable bonds is 5. The maximum Gasteiger partial charge on any atom is 0.271 e. The topological polar surface area (TPSA) is 72.8 Å². The molecular formula is C20H23N3O4S. The molecule has 0 aliphatic carbocycles. The fourth-order valence-corrected chi connectivity index (χ4v) is 5.13. The Labute approximate surface area is 164 Å². The van der Waals surface area contributed by atoms with Gasteiger partial charge in [-0.15, -0.1) is 0 Å². The van der Waals surface area contributed by atoms with Crippen molar-refractivity contribution >= 4 is 26.6 Å². The summed E-state index contributed by atoms with van der Waals surface area (Å²) in [5.41, 5.74) is 1.69. The highest BCUT2D eigenvalue weighted by molar-refractivity contribution is 7.90. The minimum Gasteiger partial charge on any atom is -0.497 e. The number of anilines is 1. The lowest BCUT2D eigenvalue weighted by molar-refractivity contribution is 0.392. The van der Waals surface area contributed by atoms with Crippen LogP contribution in [-0.2, 0) is 10.0 Å². The smallest absolute Gasteiger partial charge is 0.271 e. The lowest BCUT2D eigenvalue weighted by Crippen LogP contribution is -2.43. The number of nitrogens with zero attached hydrogens (tertiary/aromatic N) is 2. The van der Waals surface area contributed by atoms with Gasteiger partial charge in [-0.05, 0) is 30.3 Å². The van der Waals surface area contributed by atoms with Gasteiger partial charge in [-0.2, -0.15) is 0 Å². The Morgan fingerprint density at radius 2 is 1.79 bits per heavy atom. The van der Waals surface area contributed by atoms with Gasteiger partial charge in [0.15, 0.2) is 0 Å². The van der Waals surface area contributed by atoms with E-state index in [4.69, 9.17) is 9.47 Å². The molecule has 4 rings (SSSR count). The van der Waals surface area contributed by atoms with Gasteiger partial charge >= 0.3 is 0 Å². The number of methoxy groups -OCH3 is 2. The van der Waals surface area contributed by atoms with Gasteiger partial charge in [-0.3, -0.25) is 0 Å². The number of hydrogen-bond donors (Lipinski definition) is 1. The maximum absolute atomic E-state index is 13.4. The average molecular weight is 401 g/mol. The minimum absolute atomic E-state index is 0.0689. The Kier molecular flexibility index (Phi) is 4.91. The Balaban J connectivity index is 1.85. The number of piperazine rings is 1. The molecule has 0 amide bonds. The third-order valence-corrected chi connectivity index (χ3v) is 6.75. The predicted octanol–water partition coefficient (Wildman–Crippen LogP) is 2.31.